The average molecular weight is 370 g/mol. The number of benzene rings is 1. The number of amides is 1. The second-order valence-corrected chi connectivity index (χ2v) is 6.67. The summed E-state index contributed by atoms with van der Waals surface area (Å²) >= 11 is 0. The third-order valence-corrected chi connectivity index (χ3v) is 4.90. The Hall–Kier alpha value is -3.16. The van der Waals surface area contributed by atoms with Gasteiger partial charge in [0.1, 0.15) is 17.8 Å². The van der Waals surface area contributed by atoms with E-state index in [-0.39, 0.29) is 11.3 Å². The van der Waals surface area contributed by atoms with E-state index in [2.05, 4.69) is 17.1 Å². The van der Waals surface area contributed by atoms with Gasteiger partial charge in [-0.15, -0.1) is 0 Å². The molecule has 3 rings (SSSR count). The summed E-state index contributed by atoms with van der Waals surface area (Å²) in [5.41, 5.74) is 6.50. The van der Waals surface area contributed by atoms with E-state index < -0.39 is 10.8 Å². The maximum Gasteiger partial charge on any atom is 0.288 e. The second kappa shape index (κ2) is 8.03. The van der Waals surface area contributed by atoms with Crippen molar-refractivity contribution >= 4 is 17.4 Å². The van der Waals surface area contributed by atoms with Crippen LogP contribution >= 0.6 is 0 Å². The van der Waals surface area contributed by atoms with Crippen molar-refractivity contribution in [2.75, 3.05) is 25.1 Å². The smallest absolute Gasteiger partial charge is 0.288 e. The lowest BCUT2D eigenvalue weighted by atomic mass is 9.90. The van der Waals surface area contributed by atoms with E-state index in [1.54, 1.807) is 7.11 Å². The van der Waals surface area contributed by atoms with Crippen LogP contribution in [0.15, 0.2) is 36.5 Å². The lowest BCUT2D eigenvalue weighted by Crippen LogP contribution is -2.36. The number of hydrogen-bond donors (Lipinski definition) is 1. The molecule has 0 spiro atoms. The molecule has 2 aromatic rings. The molecule has 2 heterocycles. The van der Waals surface area contributed by atoms with E-state index in [4.69, 9.17) is 10.5 Å². The zero-order valence-corrected chi connectivity index (χ0v) is 15.1. The molecule has 1 fully saturated rings. The molecule has 0 unspecified atom stereocenters. The predicted molar refractivity (Wildman–Crippen MR) is 101 cm³/mol. The van der Waals surface area contributed by atoms with Gasteiger partial charge in [-0.3, -0.25) is 14.9 Å². The van der Waals surface area contributed by atoms with Gasteiger partial charge in [-0.2, -0.15) is 0 Å². The van der Waals surface area contributed by atoms with E-state index in [9.17, 15) is 14.9 Å². The van der Waals surface area contributed by atoms with Crippen LogP contribution in [0.5, 0.6) is 5.75 Å². The van der Waals surface area contributed by atoms with Gasteiger partial charge >= 0.3 is 0 Å². The topological polar surface area (TPSA) is 112 Å². The van der Waals surface area contributed by atoms with Crippen molar-refractivity contribution in [3.05, 3.63) is 57.8 Å². The fraction of sp³-hybridized carbons (Fsp3) is 0.368. The number of piperidine rings is 1. The summed E-state index contributed by atoms with van der Waals surface area (Å²) in [6.45, 7) is 1.44. The zero-order chi connectivity index (χ0) is 19.4. The Morgan fingerprint density at radius 2 is 2.11 bits per heavy atom. The molecule has 142 valence electrons. The highest BCUT2D eigenvalue weighted by Crippen LogP contribution is 2.29. The van der Waals surface area contributed by atoms with Gasteiger partial charge in [0.2, 0.25) is 0 Å². The number of nitrogens with two attached hydrogens (primary N) is 1. The molecule has 0 saturated carbocycles. The number of aromatic nitrogens is 1. The average Bonchev–Trinajstić information content (AvgIpc) is 2.68. The maximum absolute atomic E-state index is 11.7. The molecule has 8 nitrogen and oxygen atoms in total. The Balaban J connectivity index is 1.68. The molecular formula is C19H22N4O4. The summed E-state index contributed by atoms with van der Waals surface area (Å²) < 4.78 is 5.27. The number of pyridine rings is 1. The number of hydrogen-bond acceptors (Lipinski definition) is 6. The Morgan fingerprint density at radius 3 is 2.74 bits per heavy atom. The molecule has 0 aliphatic carbocycles. The minimum Gasteiger partial charge on any atom is -0.497 e. The van der Waals surface area contributed by atoms with Crippen LogP contribution in [0.1, 0.15) is 28.8 Å². The highest BCUT2D eigenvalue weighted by Gasteiger charge is 2.25. The summed E-state index contributed by atoms with van der Waals surface area (Å²) in [6.07, 6.45) is 4.01. The lowest BCUT2D eigenvalue weighted by molar-refractivity contribution is -0.385. The predicted octanol–water partition coefficient (Wildman–Crippen LogP) is 2.56. The van der Waals surface area contributed by atoms with Gasteiger partial charge in [0, 0.05) is 19.2 Å². The second-order valence-electron chi connectivity index (χ2n) is 6.67. The van der Waals surface area contributed by atoms with Gasteiger partial charge in [-0.1, -0.05) is 12.1 Å². The SMILES string of the molecule is COc1cccc(CC2CCN(c3ncc([N+](=O)[O-])cc3C(N)=O)CC2)c1. The largest absolute Gasteiger partial charge is 0.497 e. The van der Waals surface area contributed by atoms with Crippen LogP contribution in [0.3, 0.4) is 0 Å². The molecule has 1 aliphatic rings. The van der Waals surface area contributed by atoms with Gasteiger partial charge in [0.05, 0.1) is 17.6 Å². The number of primary amides is 1. The normalized spacial score (nSPS) is 14.8. The maximum atomic E-state index is 11.7. The Labute approximate surface area is 157 Å². The van der Waals surface area contributed by atoms with Crippen molar-refractivity contribution in [3.63, 3.8) is 0 Å². The van der Waals surface area contributed by atoms with Crippen LogP contribution in [0.2, 0.25) is 0 Å². The van der Waals surface area contributed by atoms with E-state index in [0.717, 1.165) is 38.1 Å². The fourth-order valence-corrected chi connectivity index (χ4v) is 3.46. The molecule has 0 radical (unpaired) electrons. The van der Waals surface area contributed by atoms with Gasteiger partial charge in [-0.25, -0.2) is 4.98 Å². The number of nitro groups is 1. The lowest BCUT2D eigenvalue weighted by Gasteiger charge is -2.33. The molecule has 2 N–H and O–H groups in total. The minimum absolute atomic E-state index is 0.0930. The van der Waals surface area contributed by atoms with Crippen LogP contribution in [-0.4, -0.2) is 36.0 Å². The number of carbonyl (C=O) groups is 1. The monoisotopic (exact) mass is 370 g/mol. The molecule has 8 heteroatoms. The molecule has 1 amide bonds. The molecule has 0 atom stereocenters. The number of anilines is 1. The highest BCUT2D eigenvalue weighted by molar-refractivity contribution is 5.98. The number of nitrogens with zero attached hydrogens (tertiary/aromatic N) is 3. The van der Waals surface area contributed by atoms with Crippen molar-refractivity contribution in [1.29, 1.82) is 0 Å². The Kier molecular flexibility index (Phi) is 5.54. The first kappa shape index (κ1) is 18.6. The Bertz CT molecular complexity index is 847. The summed E-state index contributed by atoms with van der Waals surface area (Å²) in [5, 5.41) is 10.9. The van der Waals surface area contributed by atoms with Gasteiger partial charge < -0.3 is 15.4 Å². The van der Waals surface area contributed by atoms with Crippen molar-refractivity contribution in [2.45, 2.75) is 19.3 Å². The van der Waals surface area contributed by atoms with Crippen molar-refractivity contribution in [3.8, 4) is 5.75 Å². The molecule has 0 bridgehead atoms. The molecule has 1 aromatic heterocycles. The van der Waals surface area contributed by atoms with Crippen molar-refractivity contribution < 1.29 is 14.5 Å². The van der Waals surface area contributed by atoms with E-state index in [1.807, 2.05) is 17.0 Å². The van der Waals surface area contributed by atoms with Gasteiger partial charge in [0.25, 0.3) is 11.6 Å². The molecule has 1 aliphatic heterocycles. The minimum atomic E-state index is -0.709. The highest BCUT2D eigenvalue weighted by atomic mass is 16.6. The summed E-state index contributed by atoms with van der Waals surface area (Å²) in [5.74, 6) is 1.09. The Morgan fingerprint density at radius 1 is 1.37 bits per heavy atom. The van der Waals surface area contributed by atoms with E-state index >= 15 is 0 Å². The fourth-order valence-electron chi connectivity index (χ4n) is 3.46. The molecule has 1 aromatic carbocycles. The van der Waals surface area contributed by atoms with Crippen LogP contribution in [0.4, 0.5) is 11.5 Å². The summed E-state index contributed by atoms with van der Waals surface area (Å²) in [4.78, 5) is 28.2. The van der Waals surface area contributed by atoms with Crippen molar-refractivity contribution in [1.82, 2.24) is 4.98 Å². The quantitative estimate of drug-likeness (QED) is 0.618. The third-order valence-electron chi connectivity index (χ3n) is 4.90. The molecular weight excluding hydrogens is 348 g/mol. The molecule has 27 heavy (non-hydrogen) atoms. The zero-order valence-electron chi connectivity index (χ0n) is 15.1. The molecule has 1 saturated heterocycles. The van der Waals surface area contributed by atoms with Crippen LogP contribution in [0, 0.1) is 16.0 Å². The number of rotatable bonds is 6. The number of methoxy groups -OCH3 is 1. The van der Waals surface area contributed by atoms with Crippen molar-refractivity contribution in [2.24, 2.45) is 11.7 Å². The van der Waals surface area contributed by atoms with Crippen LogP contribution in [0.25, 0.3) is 0 Å². The number of carbonyl (C=O) groups excluding carboxylic acids is 1. The first-order chi connectivity index (χ1) is 13.0. The first-order valence-electron chi connectivity index (χ1n) is 8.80. The van der Waals surface area contributed by atoms with Crippen LogP contribution in [-0.2, 0) is 6.42 Å². The van der Waals surface area contributed by atoms with E-state index in [1.165, 1.54) is 17.8 Å². The summed E-state index contributed by atoms with van der Waals surface area (Å²) in [7, 11) is 1.66. The van der Waals surface area contributed by atoms with Gasteiger partial charge in [0.15, 0.2) is 0 Å². The van der Waals surface area contributed by atoms with Crippen LogP contribution < -0.4 is 15.4 Å². The number of ether oxygens (including phenoxy) is 1. The third kappa shape index (κ3) is 4.33. The summed E-state index contributed by atoms with van der Waals surface area (Å²) in [6, 6.07) is 9.27. The van der Waals surface area contributed by atoms with Gasteiger partial charge in [-0.05, 0) is 42.9 Å². The first-order valence-corrected chi connectivity index (χ1v) is 8.80. The standard InChI is InChI=1S/C19H22N4O4/c1-27-16-4-2-3-14(10-16)9-13-5-7-22(8-6-13)19-17(18(20)24)11-15(12-21-19)23(25)26/h2-4,10-13H,5-9H2,1H3,(H2,20,24). The van der Waals surface area contributed by atoms with E-state index in [0.29, 0.717) is 11.7 Å².